The number of alkyl halides is 1. The molecular formula is C19H15F2N5O2S. The molecule has 2 aliphatic rings. The van der Waals surface area contributed by atoms with Crippen molar-refractivity contribution in [2.24, 2.45) is 10.7 Å². The summed E-state index contributed by atoms with van der Waals surface area (Å²) in [5.74, 6) is -1.23. The summed E-state index contributed by atoms with van der Waals surface area (Å²) in [5.41, 5.74) is 2.88. The lowest BCUT2D eigenvalue weighted by molar-refractivity contribution is 0.102. The van der Waals surface area contributed by atoms with Crippen molar-refractivity contribution in [1.82, 2.24) is 4.98 Å². The molecule has 3 heterocycles. The van der Waals surface area contributed by atoms with Gasteiger partial charge in [0.1, 0.15) is 17.6 Å². The number of rotatable bonds is 3. The van der Waals surface area contributed by atoms with Gasteiger partial charge in [-0.25, -0.2) is 18.8 Å². The summed E-state index contributed by atoms with van der Waals surface area (Å²) in [6, 6.07) is 8.61. The van der Waals surface area contributed by atoms with Gasteiger partial charge in [0.2, 0.25) is 0 Å². The number of carbonyl (C=O) groups excluding carboxylic acids is 1. The SMILES string of the molecule is N#Cc1ccc(C(=O)Nc2ccc(F)c(C34COCC3(F)CSC(N)=N4)c2)nc1. The Morgan fingerprint density at radius 3 is 2.90 bits per heavy atom. The average molecular weight is 415 g/mol. The lowest BCUT2D eigenvalue weighted by atomic mass is 9.79. The summed E-state index contributed by atoms with van der Waals surface area (Å²) >= 11 is 1.06. The zero-order chi connectivity index (χ0) is 20.6. The van der Waals surface area contributed by atoms with Gasteiger partial charge in [0.15, 0.2) is 16.4 Å². The first kappa shape index (κ1) is 19.3. The Kier molecular flexibility index (Phi) is 4.72. The number of aromatic nitrogens is 1. The first-order chi connectivity index (χ1) is 13.9. The first-order valence-corrected chi connectivity index (χ1v) is 9.58. The van der Waals surface area contributed by atoms with E-state index in [0.717, 1.165) is 17.8 Å². The van der Waals surface area contributed by atoms with E-state index in [4.69, 9.17) is 15.7 Å². The van der Waals surface area contributed by atoms with Crippen LogP contribution in [-0.2, 0) is 10.3 Å². The second-order valence-electron chi connectivity index (χ2n) is 6.75. The predicted molar refractivity (Wildman–Crippen MR) is 104 cm³/mol. The van der Waals surface area contributed by atoms with Crippen LogP contribution >= 0.6 is 11.8 Å². The van der Waals surface area contributed by atoms with Gasteiger partial charge in [-0.15, -0.1) is 0 Å². The van der Waals surface area contributed by atoms with Crippen LogP contribution in [0.3, 0.4) is 0 Å². The van der Waals surface area contributed by atoms with E-state index in [0.29, 0.717) is 5.56 Å². The fourth-order valence-corrected chi connectivity index (χ4v) is 4.32. The Morgan fingerprint density at radius 1 is 1.34 bits per heavy atom. The maximum absolute atomic E-state index is 15.6. The average Bonchev–Trinajstić information content (AvgIpc) is 3.06. The number of anilines is 1. The van der Waals surface area contributed by atoms with Crippen molar-refractivity contribution in [3.8, 4) is 6.07 Å². The number of nitrogens with two attached hydrogens (primary N) is 1. The van der Waals surface area contributed by atoms with Gasteiger partial charge in [-0.1, -0.05) is 11.8 Å². The predicted octanol–water partition coefficient (Wildman–Crippen LogP) is 2.34. The second-order valence-corrected chi connectivity index (χ2v) is 7.75. The van der Waals surface area contributed by atoms with Crippen molar-refractivity contribution in [3.63, 3.8) is 0 Å². The first-order valence-electron chi connectivity index (χ1n) is 8.59. The number of ether oxygens (including phenoxy) is 1. The van der Waals surface area contributed by atoms with Gasteiger partial charge in [-0.2, -0.15) is 5.26 Å². The number of halogens is 2. The molecule has 1 fully saturated rings. The van der Waals surface area contributed by atoms with Gasteiger partial charge in [-0.3, -0.25) is 4.79 Å². The van der Waals surface area contributed by atoms with Crippen molar-refractivity contribution in [2.45, 2.75) is 11.2 Å². The Labute approximate surface area is 169 Å². The number of pyridine rings is 1. The number of hydrogen-bond donors (Lipinski definition) is 2. The van der Waals surface area contributed by atoms with Crippen molar-refractivity contribution in [3.05, 3.63) is 59.2 Å². The highest BCUT2D eigenvalue weighted by atomic mass is 32.2. The molecule has 2 unspecified atom stereocenters. The minimum atomic E-state index is -1.92. The normalized spacial score (nSPS) is 25.6. The molecule has 148 valence electrons. The van der Waals surface area contributed by atoms with Gasteiger partial charge in [-0.05, 0) is 30.3 Å². The fraction of sp³-hybridized carbons (Fsp3) is 0.263. The van der Waals surface area contributed by atoms with Crippen molar-refractivity contribution >= 4 is 28.5 Å². The van der Waals surface area contributed by atoms with Crippen LogP contribution in [0.1, 0.15) is 21.6 Å². The molecule has 1 aromatic carbocycles. The smallest absolute Gasteiger partial charge is 0.274 e. The lowest BCUT2D eigenvalue weighted by Crippen LogP contribution is -2.52. The van der Waals surface area contributed by atoms with E-state index in [9.17, 15) is 9.18 Å². The Morgan fingerprint density at radius 2 is 2.17 bits per heavy atom. The molecule has 29 heavy (non-hydrogen) atoms. The van der Waals surface area contributed by atoms with Crippen LogP contribution < -0.4 is 11.1 Å². The summed E-state index contributed by atoms with van der Waals surface area (Å²) in [5, 5.41) is 11.6. The quantitative estimate of drug-likeness (QED) is 0.796. The molecule has 0 saturated carbocycles. The molecule has 2 aromatic rings. The highest BCUT2D eigenvalue weighted by molar-refractivity contribution is 8.13. The zero-order valence-corrected chi connectivity index (χ0v) is 15.8. The summed E-state index contributed by atoms with van der Waals surface area (Å²) in [6.45, 7) is -0.377. The Balaban J connectivity index is 1.68. The van der Waals surface area contributed by atoms with E-state index in [-0.39, 0.29) is 41.1 Å². The topological polar surface area (TPSA) is 113 Å². The number of amides is 1. The molecule has 0 spiro atoms. The molecule has 2 atom stereocenters. The van der Waals surface area contributed by atoms with Crippen LogP contribution in [-0.4, -0.2) is 40.7 Å². The van der Waals surface area contributed by atoms with Crippen LogP contribution in [0.4, 0.5) is 14.5 Å². The fourth-order valence-electron chi connectivity index (χ4n) is 3.40. The van der Waals surface area contributed by atoms with Crippen molar-refractivity contribution in [2.75, 3.05) is 24.3 Å². The third kappa shape index (κ3) is 3.22. The standard InChI is InChI=1S/C19H15F2N5O2S/c20-14-3-2-12(25-16(27)15-4-1-11(6-22)7-24-15)5-13(14)19-9-28-8-18(19,21)10-29-17(23)26-19/h1-5,7H,8-10H2,(H2,23,26)(H,25,27). The molecule has 10 heteroatoms. The Hall–Kier alpha value is -3.03. The van der Waals surface area contributed by atoms with Gasteiger partial charge in [0, 0.05) is 23.2 Å². The number of aliphatic imine (C=N–C) groups is 1. The number of nitriles is 1. The maximum atomic E-state index is 15.6. The number of nitrogens with zero attached hydrogens (tertiary/aromatic N) is 3. The molecule has 0 aliphatic carbocycles. The van der Waals surface area contributed by atoms with Crippen LogP contribution in [0, 0.1) is 17.1 Å². The molecule has 1 amide bonds. The number of benzene rings is 1. The molecule has 0 radical (unpaired) electrons. The van der Waals surface area contributed by atoms with Gasteiger partial charge in [0.05, 0.1) is 18.8 Å². The molecule has 1 saturated heterocycles. The molecule has 0 bridgehead atoms. The minimum Gasteiger partial charge on any atom is -0.379 e. The molecular weight excluding hydrogens is 400 g/mol. The van der Waals surface area contributed by atoms with E-state index in [1.165, 1.54) is 30.5 Å². The number of nitrogens with one attached hydrogen (secondary N) is 1. The lowest BCUT2D eigenvalue weighted by Gasteiger charge is -2.38. The van der Waals surface area contributed by atoms with E-state index >= 15 is 4.39 Å². The summed E-state index contributed by atoms with van der Waals surface area (Å²) in [7, 11) is 0. The monoisotopic (exact) mass is 415 g/mol. The number of hydrogen-bond acceptors (Lipinski definition) is 7. The molecule has 2 aliphatic heterocycles. The number of thioether (sulfide) groups is 1. The van der Waals surface area contributed by atoms with E-state index in [2.05, 4.69) is 15.3 Å². The zero-order valence-electron chi connectivity index (χ0n) is 15.0. The number of amidine groups is 1. The van der Waals surface area contributed by atoms with Crippen LogP contribution in [0.5, 0.6) is 0 Å². The highest BCUT2D eigenvalue weighted by Crippen LogP contribution is 2.50. The van der Waals surface area contributed by atoms with Crippen molar-refractivity contribution in [1.29, 1.82) is 5.26 Å². The molecule has 4 rings (SSSR count). The summed E-state index contributed by atoms with van der Waals surface area (Å²) < 4.78 is 35.6. The molecule has 1 aromatic heterocycles. The minimum absolute atomic E-state index is 0.00643. The second kappa shape index (κ2) is 7.09. The van der Waals surface area contributed by atoms with Crippen molar-refractivity contribution < 1.29 is 18.3 Å². The number of carbonyl (C=O) groups is 1. The molecule has 3 N–H and O–H groups in total. The van der Waals surface area contributed by atoms with Gasteiger partial charge >= 0.3 is 0 Å². The van der Waals surface area contributed by atoms with Crippen LogP contribution in [0.15, 0.2) is 41.5 Å². The van der Waals surface area contributed by atoms with Crippen LogP contribution in [0.2, 0.25) is 0 Å². The largest absolute Gasteiger partial charge is 0.379 e. The van der Waals surface area contributed by atoms with E-state index in [1.807, 2.05) is 6.07 Å². The maximum Gasteiger partial charge on any atom is 0.274 e. The summed E-state index contributed by atoms with van der Waals surface area (Å²) in [4.78, 5) is 20.6. The summed E-state index contributed by atoms with van der Waals surface area (Å²) in [6.07, 6.45) is 1.27. The van der Waals surface area contributed by atoms with E-state index < -0.39 is 22.9 Å². The third-order valence-electron chi connectivity index (χ3n) is 4.93. The molecule has 7 nitrogen and oxygen atoms in total. The number of fused-ring (bicyclic) bond motifs is 1. The van der Waals surface area contributed by atoms with Crippen LogP contribution in [0.25, 0.3) is 0 Å². The van der Waals surface area contributed by atoms with Gasteiger partial charge < -0.3 is 15.8 Å². The Bertz CT molecular complexity index is 1060. The third-order valence-corrected chi connectivity index (χ3v) is 5.92. The highest BCUT2D eigenvalue weighted by Gasteiger charge is 2.61. The van der Waals surface area contributed by atoms with Gasteiger partial charge in [0.25, 0.3) is 5.91 Å². The van der Waals surface area contributed by atoms with E-state index in [1.54, 1.807) is 0 Å².